The van der Waals surface area contributed by atoms with Gasteiger partial charge in [0.1, 0.15) is 11.8 Å². The number of carbonyl (C=O) groups is 1. The lowest BCUT2D eigenvalue weighted by molar-refractivity contribution is -0.137. The molecule has 11 heteroatoms. The van der Waals surface area contributed by atoms with Crippen LogP contribution in [0.15, 0.2) is 48.9 Å². The molecule has 0 bridgehead atoms. The van der Waals surface area contributed by atoms with Crippen molar-refractivity contribution in [3.8, 4) is 17.5 Å². The summed E-state index contributed by atoms with van der Waals surface area (Å²) in [4.78, 5) is 25.5. The van der Waals surface area contributed by atoms with Gasteiger partial charge >= 0.3 is 6.18 Å². The molecule has 0 radical (unpaired) electrons. The first-order chi connectivity index (χ1) is 16.5. The van der Waals surface area contributed by atoms with Crippen LogP contribution >= 0.6 is 0 Å². The van der Waals surface area contributed by atoms with E-state index < -0.39 is 46.7 Å². The molecule has 2 aromatic heterocycles. The fourth-order valence-corrected chi connectivity index (χ4v) is 3.61. The van der Waals surface area contributed by atoms with E-state index in [4.69, 9.17) is 5.26 Å². The third kappa shape index (κ3) is 5.11. The van der Waals surface area contributed by atoms with Gasteiger partial charge in [-0.25, -0.2) is 8.78 Å². The van der Waals surface area contributed by atoms with Gasteiger partial charge in [0, 0.05) is 35.6 Å². The predicted octanol–water partition coefficient (Wildman–Crippen LogP) is 5.42. The van der Waals surface area contributed by atoms with Crippen LogP contribution in [0.5, 0.6) is 0 Å². The molecule has 1 fully saturated rings. The van der Waals surface area contributed by atoms with Gasteiger partial charge in [0.25, 0.3) is 11.8 Å². The molecule has 180 valence electrons. The number of nitriles is 1. The maximum atomic E-state index is 14.6. The summed E-state index contributed by atoms with van der Waals surface area (Å²) in [5, 5.41) is 11.5. The number of pyridine rings is 1. The minimum Gasteiger partial charge on any atom is -0.344 e. The quantitative estimate of drug-likeness (QED) is 0.469. The number of hydrogen-bond acceptors (Lipinski definition) is 5. The van der Waals surface area contributed by atoms with Gasteiger partial charge < -0.3 is 5.32 Å². The van der Waals surface area contributed by atoms with Crippen LogP contribution < -0.4 is 5.32 Å². The average Bonchev–Trinajstić information content (AvgIpc) is 3.69. The summed E-state index contributed by atoms with van der Waals surface area (Å²) in [7, 11) is 0. The second-order valence-electron chi connectivity index (χ2n) is 8.22. The van der Waals surface area contributed by atoms with E-state index >= 15 is 0 Å². The van der Waals surface area contributed by atoms with Gasteiger partial charge in [-0.15, -0.1) is 0 Å². The van der Waals surface area contributed by atoms with Crippen molar-refractivity contribution in [2.45, 2.75) is 37.9 Å². The average molecular weight is 487 g/mol. The standard InChI is InChI=1S/C24H18F5N5O/c1-13(20-21(32-7-6-31-20)19-5-2-14(11-30)12-33-19)34-22(35)15-8-17(23(25,26)16-3-4-16)10-18(9-15)24(27,28)29/h2,5-10,12-13,16H,3-4H2,1H3,(H,34,35)/t13-/m0/s1. The van der Waals surface area contributed by atoms with Gasteiger partial charge in [0.05, 0.1) is 28.6 Å². The van der Waals surface area contributed by atoms with E-state index in [0.717, 1.165) is 6.07 Å². The molecule has 1 aromatic carbocycles. The van der Waals surface area contributed by atoms with Crippen LogP contribution in [0.1, 0.15) is 58.5 Å². The van der Waals surface area contributed by atoms with E-state index in [1.54, 1.807) is 6.07 Å². The zero-order valence-corrected chi connectivity index (χ0v) is 18.3. The van der Waals surface area contributed by atoms with Crippen molar-refractivity contribution in [2.24, 2.45) is 5.92 Å². The maximum Gasteiger partial charge on any atom is 0.416 e. The monoisotopic (exact) mass is 487 g/mol. The van der Waals surface area contributed by atoms with Crippen molar-refractivity contribution < 1.29 is 26.7 Å². The van der Waals surface area contributed by atoms with Crippen LogP contribution in [-0.2, 0) is 12.1 Å². The molecule has 2 heterocycles. The Balaban J connectivity index is 1.65. The summed E-state index contributed by atoms with van der Waals surface area (Å²) in [5.74, 6) is -5.48. The number of nitrogens with one attached hydrogen (secondary N) is 1. The second kappa shape index (κ2) is 9.02. The van der Waals surface area contributed by atoms with Crippen molar-refractivity contribution in [3.05, 3.63) is 76.9 Å². The van der Waals surface area contributed by atoms with E-state index in [0.29, 0.717) is 23.4 Å². The predicted molar refractivity (Wildman–Crippen MR) is 114 cm³/mol. The molecule has 4 rings (SSSR count). The summed E-state index contributed by atoms with van der Waals surface area (Å²) in [5.41, 5.74) is -1.47. The molecule has 0 aliphatic heterocycles. The van der Waals surface area contributed by atoms with E-state index in [1.165, 1.54) is 31.6 Å². The van der Waals surface area contributed by atoms with Gasteiger partial charge in [-0.05, 0) is 50.1 Å². The number of nitrogens with zero attached hydrogens (tertiary/aromatic N) is 4. The van der Waals surface area contributed by atoms with Crippen LogP contribution in [0, 0.1) is 17.2 Å². The lowest BCUT2D eigenvalue weighted by Crippen LogP contribution is -2.29. The van der Waals surface area contributed by atoms with E-state index in [-0.39, 0.29) is 24.2 Å². The highest BCUT2D eigenvalue weighted by Gasteiger charge is 2.49. The summed E-state index contributed by atoms with van der Waals surface area (Å²) >= 11 is 0. The molecule has 6 nitrogen and oxygen atoms in total. The minimum absolute atomic E-state index is 0.209. The molecule has 1 N–H and O–H groups in total. The first-order valence-electron chi connectivity index (χ1n) is 10.6. The molecule has 0 saturated heterocycles. The zero-order chi connectivity index (χ0) is 25.4. The molecule has 35 heavy (non-hydrogen) atoms. The van der Waals surface area contributed by atoms with Crippen LogP contribution in [0.4, 0.5) is 22.0 Å². The molecule has 0 spiro atoms. The molecule has 1 aliphatic rings. The van der Waals surface area contributed by atoms with Gasteiger partial charge in [0.2, 0.25) is 0 Å². The highest BCUT2D eigenvalue weighted by molar-refractivity contribution is 5.95. The normalized spacial score (nSPS) is 14.8. The summed E-state index contributed by atoms with van der Waals surface area (Å²) in [6.45, 7) is 1.53. The maximum absolute atomic E-state index is 14.6. The largest absolute Gasteiger partial charge is 0.416 e. The lowest BCUT2D eigenvalue weighted by atomic mass is 9.97. The Bertz CT molecular complexity index is 1300. The molecule has 1 amide bonds. The summed E-state index contributed by atoms with van der Waals surface area (Å²) < 4.78 is 69.5. The third-order valence-electron chi connectivity index (χ3n) is 5.62. The first kappa shape index (κ1) is 24.2. The Morgan fingerprint density at radius 3 is 2.34 bits per heavy atom. The molecular weight excluding hydrogens is 469 g/mol. The second-order valence-corrected chi connectivity index (χ2v) is 8.22. The Morgan fingerprint density at radius 2 is 1.74 bits per heavy atom. The number of alkyl halides is 5. The zero-order valence-electron chi connectivity index (χ0n) is 18.3. The Hall–Kier alpha value is -3.94. The van der Waals surface area contributed by atoms with E-state index in [2.05, 4.69) is 20.3 Å². The lowest BCUT2D eigenvalue weighted by Gasteiger charge is -2.20. The van der Waals surface area contributed by atoms with Crippen LogP contribution in [0.2, 0.25) is 0 Å². The fourth-order valence-electron chi connectivity index (χ4n) is 3.61. The van der Waals surface area contributed by atoms with Crippen molar-refractivity contribution >= 4 is 5.91 Å². The van der Waals surface area contributed by atoms with E-state index in [1.807, 2.05) is 6.07 Å². The topological polar surface area (TPSA) is 91.6 Å². The van der Waals surface area contributed by atoms with Crippen molar-refractivity contribution in [2.75, 3.05) is 0 Å². The Morgan fingerprint density at radius 1 is 1.06 bits per heavy atom. The minimum atomic E-state index is -4.91. The number of carbonyl (C=O) groups excluding carboxylic acids is 1. The van der Waals surface area contributed by atoms with Crippen molar-refractivity contribution in [1.82, 2.24) is 20.3 Å². The van der Waals surface area contributed by atoms with Gasteiger partial charge in [-0.2, -0.15) is 18.4 Å². The van der Waals surface area contributed by atoms with Crippen molar-refractivity contribution in [3.63, 3.8) is 0 Å². The fraction of sp³-hybridized carbons (Fsp3) is 0.292. The Kier molecular flexibility index (Phi) is 6.23. The highest BCUT2D eigenvalue weighted by Crippen LogP contribution is 2.50. The summed E-state index contributed by atoms with van der Waals surface area (Å²) in [6.07, 6.45) is -0.395. The van der Waals surface area contributed by atoms with Crippen LogP contribution in [0.3, 0.4) is 0 Å². The molecule has 1 atom stereocenters. The van der Waals surface area contributed by atoms with Crippen LogP contribution in [0.25, 0.3) is 11.4 Å². The number of benzene rings is 1. The third-order valence-corrected chi connectivity index (χ3v) is 5.62. The molecule has 0 unspecified atom stereocenters. The number of hydrogen-bond donors (Lipinski definition) is 1. The molecule has 1 aliphatic carbocycles. The highest BCUT2D eigenvalue weighted by atomic mass is 19.4. The van der Waals surface area contributed by atoms with Gasteiger partial charge in [-0.3, -0.25) is 19.7 Å². The Labute approximate surface area is 196 Å². The number of halogens is 5. The van der Waals surface area contributed by atoms with E-state index in [9.17, 15) is 26.7 Å². The molecular formula is C24H18F5N5O. The van der Waals surface area contributed by atoms with Crippen LogP contribution in [-0.4, -0.2) is 20.9 Å². The number of aromatic nitrogens is 3. The van der Waals surface area contributed by atoms with Gasteiger partial charge in [0.15, 0.2) is 0 Å². The van der Waals surface area contributed by atoms with Crippen molar-refractivity contribution in [1.29, 1.82) is 5.26 Å². The SMILES string of the molecule is C[C@H](NC(=O)c1cc(C(F)(F)F)cc(C(F)(F)C2CC2)c1)c1nccnc1-c1ccc(C#N)cn1. The number of rotatable bonds is 6. The molecule has 1 saturated carbocycles. The molecule has 3 aromatic rings. The smallest absolute Gasteiger partial charge is 0.344 e. The first-order valence-corrected chi connectivity index (χ1v) is 10.6. The number of amides is 1. The van der Waals surface area contributed by atoms with Gasteiger partial charge in [-0.1, -0.05) is 0 Å². The summed E-state index contributed by atoms with van der Waals surface area (Å²) in [6, 6.07) is 5.90.